The molecule has 0 amide bonds. The van der Waals surface area contributed by atoms with E-state index >= 15 is 0 Å². The van der Waals surface area contributed by atoms with Gasteiger partial charge in [0.15, 0.2) is 0 Å². The van der Waals surface area contributed by atoms with E-state index in [0.717, 1.165) is 17.7 Å². The van der Waals surface area contributed by atoms with Crippen LogP contribution in [0.25, 0.3) is 0 Å². The van der Waals surface area contributed by atoms with Crippen molar-refractivity contribution in [3.8, 4) is 5.75 Å². The van der Waals surface area contributed by atoms with Gasteiger partial charge in [-0.25, -0.2) is 16.8 Å². The van der Waals surface area contributed by atoms with Crippen LogP contribution in [0.15, 0.2) is 111 Å². The van der Waals surface area contributed by atoms with Crippen molar-refractivity contribution in [2.24, 2.45) is 10.2 Å². The Morgan fingerprint density at radius 1 is 0.886 bits per heavy atom. The highest BCUT2D eigenvalue weighted by Gasteiger charge is 2.27. The van der Waals surface area contributed by atoms with Crippen molar-refractivity contribution in [3.05, 3.63) is 107 Å². The number of nitrogens with one attached hydrogen (secondary N) is 2. The molecule has 0 fully saturated rings. The number of nitro groups is 1. The number of benzene rings is 4. The van der Waals surface area contributed by atoms with Crippen LogP contribution in [-0.4, -0.2) is 39.6 Å². The molecule has 0 saturated heterocycles. The van der Waals surface area contributed by atoms with Crippen LogP contribution in [-0.2, 0) is 20.0 Å². The highest BCUT2D eigenvalue weighted by atomic mass is 32.3. The summed E-state index contributed by atoms with van der Waals surface area (Å²) in [7, 11) is -9.12. The fraction of sp³-hybridized carbons (Fsp3) is 0.172. The third kappa shape index (κ3) is 8.23. The maximum atomic E-state index is 12.8. The summed E-state index contributed by atoms with van der Waals surface area (Å²) in [5.74, 6) is 0.609. The molecule has 0 aromatic heterocycles. The van der Waals surface area contributed by atoms with E-state index in [1.165, 1.54) is 30.3 Å². The number of ether oxygens (including phenoxy) is 1. The number of nitrogens with zero attached hydrogens (tertiary/aromatic N) is 3. The first kappa shape index (κ1) is 32.2. The maximum Gasteiger partial charge on any atom is 0.294 e. The van der Waals surface area contributed by atoms with Crippen LogP contribution in [0.2, 0.25) is 0 Å². The maximum absolute atomic E-state index is 12.8. The monoisotopic (exact) mass is 639 g/mol. The minimum atomic E-state index is -4.67. The lowest BCUT2D eigenvalue weighted by molar-refractivity contribution is -0.384. The Bertz CT molecular complexity index is 1880. The molecular weight excluding hydrogens is 610 g/mol. The highest BCUT2D eigenvalue weighted by molar-refractivity contribution is 8.04. The molecule has 0 unspecified atom stereocenters. The van der Waals surface area contributed by atoms with Crippen molar-refractivity contribution in [1.29, 1.82) is 0 Å². The molecule has 0 bridgehead atoms. The highest BCUT2D eigenvalue weighted by Crippen LogP contribution is 2.32. The standard InChI is InChI=1S/C29H29N5O8S2/c1-3-23(35)19-42-24-13-15-27(20(2)17-24)32-31-22-11-9-21(10-12-22)30-28-16-14-26(18-29(28)34(36)37)44(40,41)33-43(38,39)25-7-5-4-6-8-25/h4-18,23,30,33,35H,3,19H2,1-2H3/t23-/m1/s1. The Balaban J connectivity index is 1.46. The molecule has 0 saturated carbocycles. The summed E-state index contributed by atoms with van der Waals surface area (Å²) in [6.07, 6.45) is 0.0524. The van der Waals surface area contributed by atoms with Gasteiger partial charge >= 0.3 is 0 Å². The number of anilines is 2. The van der Waals surface area contributed by atoms with E-state index < -0.39 is 41.7 Å². The van der Waals surface area contributed by atoms with Gasteiger partial charge in [0.25, 0.3) is 25.7 Å². The number of aliphatic hydroxyl groups excluding tert-OH is 1. The molecule has 1 atom stereocenters. The van der Waals surface area contributed by atoms with Crippen LogP contribution < -0.4 is 14.2 Å². The van der Waals surface area contributed by atoms with Gasteiger partial charge in [-0.05, 0) is 85.6 Å². The molecule has 0 heterocycles. The van der Waals surface area contributed by atoms with Gasteiger partial charge in [-0.3, -0.25) is 10.1 Å². The van der Waals surface area contributed by atoms with Crippen LogP contribution in [0.1, 0.15) is 18.9 Å². The van der Waals surface area contributed by atoms with Crippen molar-refractivity contribution >= 4 is 48.5 Å². The van der Waals surface area contributed by atoms with E-state index in [2.05, 4.69) is 15.5 Å². The van der Waals surface area contributed by atoms with Crippen LogP contribution in [0.4, 0.5) is 28.4 Å². The zero-order valence-electron chi connectivity index (χ0n) is 23.6. The number of hydrogen-bond donors (Lipinski definition) is 3. The van der Waals surface area contributed by atoms with Gasteiger partial charge in [-0.1, -0.05) is 25.1 Å². The van der Waals surface area contributed by atoms with E-state index in [1.807, 2.05) is 13.8 Å². The molecule has 0 aliphatic carbocycles. The summed E-state index contributed by atoms with van der Waals surface area (Å²) >= 11 is 0. The van der Waals surface area contributed by atoms with E-state index in [0.29, 0.717) is 29.2 Å². The molecule has 4 aromatic rings. The number of sulfonamides is 2. The van der Waals surface area contributed by atoms with Gasteiger partial charge in [-0.2, -0.15) is 10.2 Å². The zero-order valence-corrected chi connectivity index (χ0v) is 25.2. The normalized spacial score (nSPS) is 12.6. The Morgan fingerprint density at radius 3 is 2.20 bits per heavy atom. The first-order valence-corrected chi connectivity index (χ1v) is 16.2. The van der Waals surface area contributed by atoms with E-state index in [9.17, 15) is 32.1 Å². The number of hydrogen-bond acceptors (Lipinski definition) is 11. The molecule has 15 heteroatoms. The number of azo groups is 1. The van der Waals surface area contributed by atoms with Gasteiger partial charge in [0.05, 0.1) is 32.2 Å². The molecule has 0 aliphatic rings. The van der Waals surface area contributed by atoms with Crippen molar-refractivity contribution in [2.45, 2.75) is 36.2 Å². The number of rotatable bonds is 13. The minimum absolute atomic E-state index is 0.0152. The average molecular weight is 640 g/mol. The zero-order chi connectivity index (χ0) is 31.9. The molecular formula is C29H29N5O8S2. The van der Waals surface area contributed by atoms with Crippen LogP contribution in [0, 0.1) is 17.0 Å². The molecule has 0 spiro atoms. The van der Waals surface area contributed by atoms with Crippen LogP contribution in [0.5, 0.6) is 5.75 Å². The molecule has 0 aliphatic heterocycles. The lowest BCUT2D eigenvalue weighted by Crippen LogP contribution is -2.30. The van der Waals surface area contributed by atoms with E-state index in [1.54, 1.807) is 52.7 Å². The fourth-order valence-electron chi connectivity index (χ4n) is 3.79. The minimum Gasteiger partial charge on any atom is -0.491 e. The van der Waals surface area contributed by atoms with Crippen LogP contribution in [0.3, 0.4) is 0 Å². The molecule has 4 rings (SSSR count). The largest absolute Gasteiger partial charge is 0.491 e. The summed E-state index contributed by atoms with van der Waals surface area (Å²) in [6, 6.07) is 21.6. The molecule has 0 radical (unpaired) electrons. The van der Waals surface area contributed by atoms with E-state index in [4.69, 9.17) is 4.74 Å². The predicted molar refractivity (Wildman–Crippen MR) is 164 cm³/mol. The smallest absolute Gasteiger partial charge is 0.294 e. The summed E-state index contributed by atoms with van der Waals surface area (Å²) in [5, 5.41) is 32.8. The summed E-state index contributed by atoms with van der Waals surface area (Å²) in [6.45, 7) is 3.91. The second kappa shape index (κ2) is 13.7. The van der Waals surface area contributed by atoms with Gasteiger partial charge in [-0.15, -0.1) is 4.13 Å². The molecule has 230 valence electrons. The Morgan fingerprint density at radius 2 is 1.57 bits per heavy atom. The van der Waals surface area contributed by atoms with Crippen LogP contribution >= 0.6 is 0 Å². The summed E-state index contributed by atoms with van der Waals surface area (Å²) in [5.41, 5.74) is 1.79. The molecule has 13 nitrogen and oxygen atoms in total. The fourth-order valence-corrected chi connectivity index (χ4v) is 6.75. The quantitative estimate of drug-likeness (QED) is 0.0911. The molecule has 44 heavy (non-hydrogen) atoms. The predicted octanol–water partition coefficient (Wildman–Crippen LogP) is 5.88. The van der Waals surface area contributed by atoms with Crippen molar-refractivity contribution in [1.82, 2.24) is 4.13 Å². The van der Waals surface area contributed by atoms with Crippen molar-refractivity contribution < 1.29 is 31.6 Å². The lowest BCUT2D eigenvalue weighted by atomic mass is 10.2. The van der Waals surface area contributed by atoms with Gasteiger partial charge in [0.2, 0.25) is 0 Å². The first-order chi connectivity index (χ1) is 20.9. The molecule has 4 aromatic carbocycles. The Kier molecular flexibility index (Phi) is 10.1. The Labute approximate surface area is 254 Å². The van der Waals surface area contributed by atoms with Gasteiger partial charge in [0, 0.05) is 11.8 Å². The Hall–Kier alpha value is -4.70. The third-order valence-electron chi connectivity index (χ3n) is 6.25. The second-order valence-electron chi connectivity index (χ2n) is 9.53. The first-order valence-electron chi connectivity index (χ1n) is 13.2. The molecule has 3 N–H and O–H groups in total. The van der Waals surface area contributed by atoms with Crippen molar-refractivity contribution in [3.63, 3.8) is 0 Å². The average Bonchev–Trinajstić information content (AvgIpc) is 3.00. The van der Waals surface area contributed by atoms with Gasteiger partial charge in [0.1, 0.15) is 18.0 Å². The van der Waals surface area contributed by atoms with Crippen molar-refractivity contribution in [2.75, 3.05) is 11.9 Å². The summed E-state index contributed by atoms with van der Waals surface area (Å²) < 4.78 is 57.8. The number of aryl methyl sites for hydroxylation is 1. The third-order valence-corrected chi connectivity index (χ3v) is 9.77. The lowest BCUT2D eigenvalue weighted by Gasteiger charge is -2.11. The number of aliphatic hydroxyl groups is 1. The van der Waals surface area contributed by atoms with E-state index in [-0.39, 0.29) is 17.2 Å². The number of nitro benzene ring substituents is 1. The second-order valence-corrected chi connectivity index (χ2v) is 13.2. The summed E-state index contributed by atoms with van der Waals surface area (Å²) in [4.78, 5) is 10.1. The van der Waals surface area contributed by atoms with Gasteiger partial charge < -0.3 is 15.2 Å². The SMILES string of the molecule is CC[C@@H](O)COc1ccc(N=Nc2ccc(Nc3ccc(S(=O)(=O)NS(=O)(=O)c4ccccc4)cc3[N+](=O)[O-])cc2)c(C)c1. The topological polar surface area (TPSA) is 190 Å².